The van der Waals surface area contributed by atoms with Gasteiger partial charge in [-0.2, -0.15) is 5.10 Å². The van der Waals surface area contributed by atoms with Crippen LogP contribution in [0.3, 0.4) is 0 Å². The van der Waals surface area contributed by atoms with Crippen molar-refractivity contribution in [2.24, 2.45) is 12.5 Å². The first kappa shape index (κ1) is 30.7. The smallest absolute Gasteiger partial charge is 0.408 e. The van der Waals surface area contributed by atoms with Crippen molar-refractivity contribution in [2.45, 2.75) is 79.0 Å². The number of aromatic nitrogens is 4. The topological polar surface area (TPSA) is 155 Å². The second-order valence-electron chi connectivity index (χ2n) is 10.7. The van der Waals surface area contributed by atoms with Crippen LogP contribution in [-0.4, -0.2) is 72.2 Å². The first-order valence-electron chi connectivity index (χ1n) is 13.7. The van der Waals surface area contributed by atoms with Gasteiger partial charge in [-0.25, -0.2) is 9.78 Å². The van der Waals surface area contributed by atoms with Gasteiger partial charge < -0.3 is 29.6 Å². The Morgan fingerprint density at radius 2 is 1.77 bits per heavy atom. The van der Waals surface area contributed by atoms with Gasteiger partial charge in [0.2, 0.25) is 0 Å². The number of aliphatic hydroxyl groups is 1. The lowest BCUT2D eigenvalue weighted by Gasteiger charge is -2.43. The van der Waals surface area contributed by atoms with Crippen LogP contribution in [0.2, 0.25) is 0 Å². The quantitative estimate of drug-likeness (QED) is 0.235. The fraction of sp³-hybridized carbons (Fsp3) is 0.571. The Kier molecular flexibility index (Phi) is 10.0. The van der Waals surface area contributed by atoms with E-state index in [-0.39, 0.29) is 6.42 Å². The maximum atomic E-state index is 13.1. The molecule has 0 saturated carbocycles. The first-order valence-corrected chi connectivity index (χ1v) is 13.7. The number of ether oxygens (including phenoxy) is 2. The number of hydrogen-bond acceptors (Lipinski definition) is 7. The summed E-state index contributed by atoms with van der Waals surface area (Å²) < 4.78 is 13.6. The Morgan fingerprint density at radius 1 is 1.12 bits per heavy atom. The Labute approximate surface area is 234 Å². The average molecular weight is 559 g/mol. The zero-order valence-electron chi connectivity index (χ0n) is 24.4. The van der Waals surface area contributed by atoms with Gasteiger partial charge >= 0.3 is 6.09 Å². The molecule has 0 spiro atoms. The molecule has 3 rings (SSSR count). The van der Waals surface area contributed by atoms with E-state index in [1.54, 1.807) is 12.1 Å². The molecule has 0 bridgehead atoms. The molecule has 12 heteroatoms. The van der Waals surface area contributed by atoms with Crippen molar-refractivity contribution >= 4 is 28.9 Å². The zero-order valence-corrected chi connectivity index (χ0v) is 24.4. The van der Waals surface area contributed by atoms with Gasteiger partial charge in [0.25, 0.3) is 5.91 Å². The molecule has 2 aromatic heterocycles. The number of aryl methyl sites for hydroxylation is 1. The molecule has 0 aliphatic carbocycles. The van der Waals surface area contributed by atoms with Gasteiger partial charge in [-0.1, -0.05) is 40.5 Å². The molecule has 4 N–H and O–H groups in total. The minimum atomic E-state index is -1.65. The van der Waals surface area contributed by atoms with E-state index >= 15 is 0 Å². The minimum absolute atomic E-state index is 0.269. The van der Waals surface area contributed by atoms with Crippen molar-refractivity contribution in [2.75, 3.05) is 18.5 Å². The van der Waals surface area contributed by atoms with Gasteiger partial charge in [0.1, 0.15) is 34.2 Å². The Bertz CT molecular complexity index is 1280. The summed E-state index contributed by atoms with van der Waals surface area (Å²) in [6, 6.07) is 3.26. The van der Waals surface area contributed by atoms with Crippen molar-refractivity contribution in [3.63, 3.8) is 0 Å². The number of hydrogen-bond donors (Lipinski definition) is 4. The number of nitrogens with zero attached hydrogens (tertiary/aromatic N) is 4. The lowest BCUT2D eigenvalue weighted by atomic mass is 9.83. The summed E-state index contributed by atoms with van der Waals surface area (Å²) in [4.78, 5) is 32.3. The molecular weight excluding hydrogens is 516 g/mol. The summed E-state index contributed by atoms with van der Waals surface area (Å²) in [6.07, 6.45) is 0.172. The molecule has 220 valence electrons. The normalized spacial score (nSPS) is 14.0. The molecule has 2 amide bonds. The van der Waals surface area contributed by atoms with Gasteiger partial charge in [-0.3, -0.25) is 14.8 Å². The van der Waals surface area contributed by atoms with Crippen LogP contribution in [0, 0.1) is 5.41 Å². The SMILES string of the molecule is CCCC[C@@H]([C@@H](O)C(=O)Nc1ccn[nH]1)N(C(=O)O)C(c1nc2c(OCC)ccc(OCC)c2n1C)C(C)(C)C. The fourth-order valence-electron chi connectivity index (χ4n) is 5.01. The van der Waals surface area contributed by atoms with E-state index in [2.05, 4.69) is 15.5 Å². The molecule has 0 saturated heterocycles. The number of imidazole rings is 1. The summed E-state index contributed by atoms with van der Waals surface area (Å²) >= 11 is 0. The summed E-state index contributed by atoms with van der Waals surface area (Å²) in [5.74, 6) is 1.17. The highest BCUT2D eigenvalue weighted by Crippen LogP contribution is 2.43. The molecule has 1 aromatic carbocycles. The summed E-state index contributed by atoms with van der Waals surface area (Å²) in [6.45, 7) is 12.3. The number of unbranched alkanes of at least 4 members (excludes halogenated alkanes) is 1. The predicted octanol–water partition coefficient (Wildman–Crippen LogP) is 4.72. The molecule has 0 aliphatic rings. The van der Waals surface area contributed by atoms with E-state index in [4.69, 9.17) is 14.5 Å². The monoisotopic (exact) mass is 558 g/mol. The van der Waals surface area contributed by atoms with Crippen LogP contribution in [0.5, 0.6) is 11.5 Å². The number of nitrogens with one attached hydrogen (secondary N) is 2. The number of fused-ring (bicyclic) bond motifs is 1. The van der Waals surface area contributed by atoms with Crippen molar-refractivity contribution in [1.82, 2.24) is 24.6 Å². The van der Waals surface area contributed by atoms with Crippen LogP contribution < -0.4 is 14.8 Å². The molecular formula is C28H42N6O6. The number of aliphatic hydroxyl groups excluding tert-OH is 1. The molecule has 2 heterocycles. The second kappa shape index (κ2) is 13.0. The van der Waals surface area contributed by atoms with E-state index in [1.807, 2.05) is 59.2 Å². The van der Waals surface area contributed by atoms with E-state index in [0.29, 0.717) is 53.8 Å². The Hall–Kier alpha value is -3.80. The molecule has 40 heavy (non-hydrogen) atoms. The van der Waals surface area contributed by atoms with Gasteiger partial charge in [0, 0.05) is 13.1 Å². The van der Waals surface area contributed by atoms with Crippen LogP contribution in [0.25, 0.3) is 11.0 Å². The lowest BCUT2D eigenvalue weighted by Crippen LogP contribution is -2.55. The fourth-order valence-corrected chi connectivity index (χ4v) is 5.01. The van der Waals surface area contributed by atoms with Crippen LogP contribution in [0.15, 0.2) is 24.4 Å². The number of carbonyl (C=O) groups excluding carboxylic acids is 1. The Morgan fingerprint density at radius 3 is 2.33 bits per heavy atom. The van der Waals surface area contributed by atoms with E-state index in [9.17, 15) is 19.8 Å². The number of carboxylic acid groups (broad SMARTS) is 1. The highest BCUT2D eigenvalue weighted by Gasteiger charge is 2.45. The maximum absolute atomic E-state index is 13.1. The van der Waals surface area contributed by atoms with Crippen molar-refractivity contribution < 1.29 is 29.3 Å². The maximum Gasteiger partial charge on any atom is 0.408 e. The van der Waals surface area contributed by atoms with Crippen molar-refractivity contribution in [3.8, 4) is 11.5 Å². The molecule has 0 aliphatic heterocycles. The van der Waals surface area contributed by atoms with Crippen LogP contribution in [-0.2, 0) is 11.8 Å². The third kappa shape index (κ3) is 6.49. The number of amides is 2. The van der Waals surface area contributed by atoms with Crippen molar-refractivity contribution in [1.29, 1.82) is 0 Å². The minimum Gasteiger partial charge on any atom is -0.492 e. The predicted molar refractivity (Wildman–Crippen MR) is 152 cm³/mol. The van der Waals surface area contributed by atoms with Crippen LogP contribution in [0.4, 0.5) is 10.6 Å². The third-order valence-electron chi connectivity index (χ3n) is 6.75. The largest absolute Gasteiger partial charge is 0.492 e. The first-order chi connectivity index (χ1) is 19.0. The number of rotatable bonds is 13. The lowest BCUT2D eigenvalue weighted by molar-refractivity contribution is -0.128. The highest BCUT2D eigenvalue weighted by molar-refractivity contribution is 5.94. The summed E-state index contributed by atoms with van der Waals surface area (Å²) in [5, 5.41) is 31.0. The number of anilines is 1. The second-order valence-corrected chi connectivity index (χ2v) is 10.7. The van der Waals surface area contributed by atoms with E-state index < -0.39 is 35.6 Å². The highest BCUT2D eigenvalue weighted by atomic mass is 16.5. The molecule has 0 fully saturated rings. The van der Waals surface area contributed by atoms with Gasteiger partial charge in [0.05, 0.1) is 31.5 Å². The third-order valence-corrected chi connectivity index (χ3v) is 6.75. The van der Waals surface area contributed by atoms with E-state index in [1.165, 1.54) is 11.1 Å². The van der Waals surface area contributed by atoms with Crippen LogP contribution in [0.1, 0.15) is 72.7 Å². The van der Waals surface area contributed by atoms with E-state index in [0.717, 1.165) is 6.42 Å². The number of benzene rings is 1. The zero-order chi connectivity index (χ0) is 29.6. The van der Waals surface area contributed by atoms with Gasteiger partial charge in [-0.05, 0) is 37.8 Å². The van der Waals surface area contributed by atoms with Crippen molar-refractivity contribution in [3.05, 3.63) is 30.2 Å². The van der Waals surface area contributed by atoms with Crippen LogP contribution >= 0.6 is 0 Å². The number of H-pyrrole nitrogens is 1. The molecule has 3 aromatic rings. The summed E-state index contributed by atoms with van der Waals surface area (Å²) in [7, 11) is 1.81. The summed E-state index contributed by atoms with van der Waals surface area (Å²) in [5.41, 5.74) is 0.535. The van der Waals surface area contributed by atoms with Gasteiger partial charge in [0.15, 0.2) is 6.10 Å². The molecule has 0 radical (unpaired) electrons. The number of carbonyl (C=O) groups is 2. The average Bonchev–Trinajstić information content (AvgIpc) is 3.52. The van der Waals surface area contributed by atoms with Gasteiger partial charge in [-0.15, -0.1) is 0 Å². The molecule has 12 nitrogen and oxygen atoms in total. The molecule has 1 unspecified atom stereocenters. The molecule has 3 atom stereocenters. The number of aromatic amines is 1. The Balaban J connectivity index is 2.20. The standard InChI is InChI=1S/C28H42N6O6/c1-8-11-12-17(23(35)26(36)30-20-15-16-29-32-20)34(27(37)38)24(28(4,5)6)25-31-21-18(39-9-2)13-14-19(40-10-3)22(21)33(25)7/h13-17,23-24,35H,8-12H2,1-7H3,(H,37,38)(H2,29,30,32,36)/t17-,23+,24?/m0/s1.